The molecule has 4 N–H and O–H groups in total. The normalized spacial score (nSPS) is 11.8. The molecule has 74 valence electrons. The molecule has 0 aliphatic heterocycles. The number of nitrogens with one attached hydrogen (secondary N) is 1. The van der Waals surface area contributed by atoms with Gasteiger partial charge in [-0.15, -0.1) is 0 Å². The van der Waals surface area contributed by atoms with Gasteiger partial charge in [-0.3, -0.25) is 0 Å². The summed E-state index contributed by atoms with van der Waals surface area (Å²) < 4.78 is 0. The molecule has 1 unspecified atom stereocenters. The summed E-state index contributed by atoms with van der Waals surface area (Å²) in [7, 11) is 0. The molecule has 14 heavy (non-hydrogen) atoms. The number of benzene rings is 1. The van der Waals surface area contributed by atoms with Crippen LogP contribution in [0.25, 0.3) is 0 Å². The maximum absolute atomic E-state index is 8.69. The van der Waals surface area contributed by atoms with Crippen molar-refractivity contribution < 1.29 is 5.11 Å². The van der Waals surface area contributed by atoms with E-state index in [1.54, 1.807) is 12.1 Å². The molecule has 0 saturated carbocycles. The van der Waals surface area contributed by atoms with Crippen molar-refractivity contribution in [2.24, 2.45) is 5.73 Å². The molecule has 0 aromatic heterocycles. The Balaban J connectivity index is 2.49. The summed E-state index contributed by atoms with van der Waals surface area (Å²) in [5.74, 6) is 0. The second kappa shape index (κ2) is 5.22. The van der Waals surface area contributed by atoms with Crippen molar-refractivity contribution >= 4 is 5.69 Å². The third kappa shape index (κ3) is 3.05. The Morgan fingerprint density at radius 3 is 2.57 bits per heavy atom. The smallest absolute Gasteiger partial charge is 0.0991 e. The fourth-order valence-electron chi connectivity index (χ4n) is 0.976. The maximum atomic E-state index is 8.69. The second-order valence-electron chi connectivity index (χ2n) is 3.01. The van der Waals surface area contributed by atoms with Gasteiger partial charge in [0, 0.05) is 18.3 Å². The number of anilines is 1. The van der Waals surface area contributed by atoms with E-state index in [2.05, 4.69) is 5.32 Å². The van der Waals surface area contributed by atoms with Gasteiger partial charge in [0.2, 0.25) is 0 Å². The first-order valence-electron chi connectivity index (χ1n) is 4.36. The van der Waals surface area contributed by atoms with Crippen LogP contribution in [0, 0.1) is 11.3 Å². The van der Waals surface area contributed by atoms with Crippen LogP contribution in [0.15, 0.2) is 24.3 Å². The Hall–Kier alpha value is -1.57. The molecule has 1 aromatic rings. The second-order valence-corrected chi connectivity index (χ2v) is 3.01. The number of rotatable bonds is 4. The molecule has 1 atom stereocenters. The minimum Gasteiger partial charge on any atom is -0.395 e. The average Bonchev–Trinajstić information content (AvgIpc) is 2.26. The standard InChI is InChI=1S/C10H13N3O/c11-5-8-1-3-10(4-2-8)13-6-9(12)7-14/h1-4,9,13-14H,6-7,12H2. The molecular formula is C10H13N3O. The number of hydrogen-bond acceptors (Lipinski definition) is 4. The van der Waals surface area contributed by atoms with Crippen LogP contribution >= 0.6 is 0 Å². The fourth-order valence-corrected chi connectivity index (χ4v) is 0.976. The lowest BCUT2D eigenvalue weighted by Gasteiger charge is -2.10. The lowest BCUT2D eigenvalue weighted by Crippen LogP contribution is -2.32. The van der Waals surface area contributed by atoms with Crippen LogP contribution in [-0.2, 0) is 0 Å². The van der Waals surface area contributed by atoms with Gasteiger partial charge in [-0.05, 0) is 24.3 Å². The van der Waals surface area contributed by atoms with Crippen LogP contribution in [0.3, 0.4) is 0 Å². The zero-order valence-corrected chi connectivity index (χ0v) is 7.77. The molecule has 0 aliphatic carbocycles. The van der Waals surface area contributed by atoms with E-state index in [-0.39, 0.29) is 12.6 Å². The van der Waals surface area contributed by atoms with Crippen LogP contribution in [0.1, 0.15) is 5.56 Å². The zero-order chi connectivity index (χ0) is 10.4. The van der Waals surface area contributed by atoms with Gasteiger partial charge in [0.1, 0.15) is 0 Å². The Bertz CT molecular complexity index is 315. The van der Waals surface area contributed by atoms with Gasteiger partial charge in [0.15, 0.2) is 0 Å². The number of aliphatic hydroxyl groups is 1. The van der Waals surface area contributed by atoms with Crippen molar-refractivity contribution in [3.8, 4) is 6.07 Å². The number of nitrogens with zero attached hydrogens (tertiary/aromatic N) is 1. The van der Waals surface area contributed by atoms with Crippen LogP contribution in [0.4, 0.5) is 5.69 Å². The third-order valence-electron chi connectivity index (χ3n) is 1.82. The molecule has 1 aromatic carbocycles. The Morgan fingerprint density at radius 1 is 1.43 bits per heavy atom. The highest BCUT2D eigenvalue weighted by Crippen LogP contribution is 2.08. The predicted octanol–water partition coefficient (Wildman–Crippen LogP) is 0.290. The van der Waals surface area contributed by atoms with Gasteiger partial charge in [-0.2, -0.15) is 5.26 Å². The Labute approximate surface area is 83.0 Å². The number of hydrogen-bond donors (Lipinski definition) is 3. The van der Waals surface area contributed by atoms with Crippen LogP contribution in [-0.4, -0.2) is 24.3 Å². The molecule has 0 amide bonds. The first-order valence-corrected chi connectivity index (χ1v) is 4.36. The van der Waals surface area contributed by atoms with Crippen LogP contribution in [0.2, 0.25) is 0 Å². The Kier molecular flexibility index (Phi) is 3.92. The highest BCUT2D eigenvalue weighted by atomic mass is 16.3. The van der Waals surface area contributed by atoms with E-state index in [1.807, 2.05) is 18.2 Å². The number of nitrogens with two attached hydrogens (primary N) is 1. The van der Waals surface area contributed by atoms with E-state index in [4.69, 9.17) is 16.1 Å². The molecule has 1 rings (SSSR count). The molecular weight excluding hydrogens is 178 g/mol. The highest BCUT2D eigenvalue weighted by Gasteiger charge is 1.99. The largest absolute Gasteiger partial charge is 0.395 e. The maximum Gasteiger partial charge on any atom is 0.0991 e. The minimum absolute atomic E-state index is 0.0384. The predicted molar refractivity (Wildman–Crippen MR) is 54.7 cm³/mol. The van der Waals surface area contributed by atoms with Gasteiger partial charge < -0.3 is 16.2 Å². The third-order valence-corrected chi connectivity index (χ3v) is 1.82. The summed E-state index contributed by atoms with van der Waals surface area (Å²) in [6, 6.07) is 8.85. The summed E-state index contributed by atoms with van der Waals surface area (Å²) in [6.07, 6.45) is 0. The molecule has 0 aliphatic rings. The van der Waals surface area contributed by atoms with Crippen LogP contribution in [0.5, 0.6) is 0 Å². The molecule has 0 bridgehead atoms. The summed E-state index contributed by atoms with van der Waals surface area (Å²) in [4.78, 5) is 0. The van der Waals surface area contributed by atoms with E-state index in [9.17, 15) is 0 Å². The topological polar surface area (TPSA) is 82.1 Å². The molecule has 0 fully saturated rings. The number of aliphatic hydroxyl groups excluding tert-OH is 1. The quantitative estimate of drug-likeness (QED) is 0.638. The molecule has 0 radical (unpaired) electrons. The minimum atomic E-state index is -0.259. The zero-order valence-electron chi connectivity index (χ0n) is 7.77. The summed E-state index contributed by atoms with van der Waals surface area (Å²) in [6.45, 7) is 0.478. The SMILES string of the molecule is N#Cc1ccc(NCC(N)CO)cc1. The average molecular weight is 191 g/mol. The van der Waals surface area contributed by atoms with Crippen molar-refractivity contribution in [1.82, 2.24) is 0 Å². The molecule has 0 heterocycles. The van der Waals surface area contributed by atoms with Gasteiger partial charge in [-0.1, -0.05) is 0 Å². The van der Waals surface area contributed by atoms with Crippen molar-refractivity contribution in [2.45, 2.75) is 6.04 Å². The summed E-state index contributed by atoms with van der Waals surface area (Å²) in [5, 5.41) is 20.3. The highest BCUT2D eigenvalue weighted by molar-refractivity contribution is 5.47. The lowest BCUT2D eigenvalue weighted by atomic mass is 10.2. The van der Waals surface area contributed by atoms with Gasteiger partial charge >= 0.3 is 0 Å². The first kappa shape index (κ1) is 10.5. The summed E-state index contributed by atoms with van der Waals surface area (Å²) in [5.41, 5.74) is 7.04. The molecule has 4 heteroatoms. The monoisotopic (exact) mass is 191 g/mol. The Morgan fingerprint density at radius 2 is 2.07 bits per heavy atom. The van der Waals surface area contributed by atoms with Gasteiger partial charge in [0.25, 0.3) is 0 Å². The van der Waals surface area contributed by atoms with E-state index >= 15 is 0 Å². The van der Waals surface area contributed by atoms with Crippen LogP contribution < -0.4 is 11.1 Å². The lowest BCUT2D eigenvalue weighted by molar-refractivity contribution is 0.270. The van der Waals surface area contributed by atoms with Crippen molar-refractivity contribution in [3.05, 3.63) is 29.8 Å². The van der Waals surface area contributed by atoms with Gasteiger partial charge in [0.05, 0.1) is 18.2 Å². The van der Waals surface area contributed by atoms with Crippen molar-refractivity contribution in [1.29, 1.82) is 5.26 Å². The first-order chi connectivity index (χ1) is 6.76. The van der Waals surface area contributed by atoms with Crippen molar-refractivity contribution in [3.63, 3.8) is 0 Å². The number of nitriles is 1. The fraction of sp³-hybridized carbons (Fsp3) is 0.300. The van der Waals surface area contributed by atoms with Crippen molar-refractivity contribution in [2.75, 3.05) is 18.5 Å². The van der Waals surface area contributed by atoms with Gasteiger partial charge in [-0.25, -0.2) is 0 Å². The van der Waals surface area contributed by atoms with E-state index in [1.165, 1.54) is 0 Å². The van der Waals surface area contributed by atoms with E-state index in [0.717, 1.165) is 5.69 Å². The molecule has 0 saturated heterocycles. The molecule has 4 nitrogen and oxygen atoms in total. The molecule has 0 spiro atoms. The van der Waals surface area contributed by atoms with E-state index in [0.29, 0.717) is 12.1 Å². The van der Waals surface area contributed by atoms with E-state index < -0.39 is 0 Å². The summed E-state index contributed by atoms with van der Waals surface area (Å²) >= 11 is 0.